The number of pyridine rings is 1. The van der Waals surface area contributed by atoms with Crippen LogP contribution in [0.4, 0.5) is 0 Å². The molecule has 0 unspecified atom stereocenters. The number of amides is 1. The minimum Gasteiger partial charge on any atom is -0.366 e. The summed E-state index contributed by atoms with van der Waals surface area (Å²) in [4.78, 5) is 11.2. The third-order valence-corrected chi connectivity index (χ3v) is 3.36. The lowest BCUT2D eigenvalue weighted by atomic mass is 10.1. The molecule has 0 saturated heterocycles. The molecule has 0 bridgehead atoms. The second-order valence-electron chi connectivity index (χ2n) is 4.87. The van der Waals surface area contributed by atoms with Crippen LogP contribution in [-0.2, 0) is 13.1 Å². The minimum absolute atomic E-state index is 0.403. The Bertz CT molecular complexity index is 779. The van der Waals surface area contributed by atoms with Crippen molar-refractivity contribution in [1.29, 1.82) is 0 Å². The molecule has 3 rings (SSSR count). The zero-order valence-electron chi connectivity index (χ0n) is 11.5. The number of primary amides is 1. The van der Waals surface area contributed by atoms with Crippen LogP contribution in [0.25, 0.3) is 5.52 Å². The van der Waals surface area contributed by atoms with Crippen molar-refractivity contribution in [3.8, 4) is 0 Å². The molecular weight excluding hydrogens is 264 g/mol. The Morgan fingerprint density at radius 2 is 2.10 bits per heavy atom. The average molecular weight is 280 g/mol. The molecule has 0 aliphatic carbocycles. The third-order valence-electron chi connectivity index (χ3n) is 3.36. The minimum atomic E-state index is -0.403. The summed E-state index contributed by atoms with van der Waals surface area (Å²) in [5.74, 6) is -0.403. The van der Waals surface area contributed by atoms with Gasteiger partial charge >= 0.3 is 0 Å². The van der Waals surface area contributed by atoms with E-state index in [1.54, 1.807) is 6.07 Å². The van der Waals surface area contributed by atoms with E-state index in [4.69, 9.17) is 5.73 Å². The molecule has 3 N–H and O–H groups in total. The quantitative estimate of drug-likeness (QED) is 0.747. The molecule has 0 spiro atoms. The SMILES string of the molecule is NC(=O)c1cccc(CNCc2cnn3ccccc23)c1. The average Bonchev–Trinajstić information content (AvgIpc) is 2.91. The molecular formula is C16H16N4O. The molecule has 0 atom stereocenters. The van der Waals surface area contributed by atoms with E-state index in [0.29, 0.717) is 18.7 Å². The molecule has 106 valence electrons. The Labute approximate surface area is 122 Å². The van der Waals surface area contributed by atoms with E-state index in [-0.39, 0.29) is 0 Å². The molecule has 2 aromatic heterocycles. The van der Waals surface area contributed by atoms with E-state index in [2.05, 4.69) is 10.4 Å². The van der Waals surface area contributed by atoms with E-state index in [1.165, 1.54) is 0 Å². The van der Waals surface area contributed by atoms with Gasteiger partial charge in [0.05, 0.1) is 11.7 Å². The number of nitrogens with zero attached hydrogens (tertiary/aromatic N) is 2. The number of hydrogen-bond donors (Lipinski definition) is 2. The summed E-state index contributed by atoms with van der Waals surface area (Å²) < 4.78 is 1.85. The molecule has 0 aliphatic rings. The van der Waals surface area contributed by atoms with Gasteiger partial charge in [0.15, 0.2) is 0 Å². The first-order valence-corrected chi connectivity index (χ1v) is 6.75. The lowest BCUT2D eigenvalue weighted by Gasteiger charge is -2.05. The number of aromatic nitrogens is 2. The normalized spacial score (nSPS) is 10.9. The summed E-state index contributed by atoms with van der Waals surface area (Å²) in [5, 5.41) is 7.65. The standard InChI is InChI=1S/C16H16N4O/c17-16(21)13-5-3-4-12(8-13)9-18-10-14-11-19-20-7-2-1-6-15(14)20/h1-8,11,18H,9-10H2,(H2,17,21). The maximum Gasteiger partial charge on any atom is 0.248 e. The lowest BCUT2D eigenvalue weighted by Crippen LogP contribution is -2.14. The Balaban J connectivity index is 1.66. The van der Waals surface area contributed by atoms with E-state index < -0.39 is 5.91 Å². The van der Waals surface area contributed by atoms with Crippen LogP contribution in [0.15, 0.2) is 54.9 Å². The second-order valence-corrected chi connectivity index (χ2v) is 4.87. The molecule has 3 aromatic rings. The van der Waals surface area contributed by atoms with Gasteiger partial charge in [-0.25, -0.2) is 4.52 Å². The summed E-state index contributed by atoms with van der Waals surface area (Å²) in [5.41, 5.74) is 9.08. The second kappa shape index (κ2) is 5.76. The van der Waals surface area contributed by atoms with Gasteiger partial charge in [0.2, 0.25) is 5.91 Å². The van der Waals surface area contributed by atoms with E-state index >= 15 is 0 Å². The lowest BCUT2D eigenvalue weighted by molar-refractivity contribution is 0.1000. The first kappa shape index (κ1) is 13.3. The summed E-state index contributed by atoms with van der Waals surface area (Å²) in [6, 6.07) is 13.3. The fourth-order valence-electron chi connectivity index (χ4n) is 2.30. The Hall–Kier alpha value is -2.66. The van der Waals surface area contributed by atoms with Gasteiger partial charge in [-0.3, -0.25) is 4.79 Å². The van der Waals surface area contributed by atoms with Gasteiger partial charge in [-0.2, -0.15) is 5.10 Å². The maximum absolute atomic E-state index is 11.2. The van der Waals surface area contributed by atoms with Crippen LogP contribution in [0.3, 0.4) is 0 Å². The fraction of sp³-hybridized carbons (Fsp3) is 0.125. The molecule has 0 fully saturated rings. The fourth-order valence-corrected chi connectivity index (χ4v) is 2.30. The van der Waals surface area contributed by atoms with Gasteiger partial charge in [-0.1, -0.05) is 18.2 Å². The summed E-state index contributed by atoms with van der Waals surface area (Å²) in [6.45, 7) is 1.39. The van der Waals surface area contributed by atoms with Crippen LogP contribution in [0.1, 0.15) is 21.5 Å². The largest absolute Gasteiger partial charge is 0.366 e. The van der Waals surface area contributed by atoms with Crippen LogP contribution < -0.4 is 11.1 Å². The van der Waals surface area contributed by atoms with Crippen LogP contribution >= 0.6 is 0 Å². The Kier molecular flexibility index (Phi) is 3.66. The van der Waals surface area contributed by atoms with Crippen LogP contribution in [0, 0.1) is 0 Å². The monoisotopic (exact) mass is 280 g/mol. The molecule has 1 aromatic carbocycles. The Morgan fingerprint density at radius 1 is 1.19 bits per heavy atom. The van der Waals surface area contributed by atoms with Crippen molar-refractivity contribution in [3.63, 3.8) is 0 Å². The van der Waals surface area contributed by atoms with Crippen molar-refractivity contribution < 1.29 is 4.79 Å². The first-order chi connectivity index (χ1) is 10.2. The number of nitrogens with one attached hydrogen (secondary N) is 1. The predicted molar refractivity (Wildman–Crippen MR) is 80.7 cm³/mol. The number of fused-ring (bicyclic) bond motifs is 1. The van der Waals surface area contributed by atoms with Crippen molar-refractivity contribution in [2.45, 2.75) is 13.1 Å². The number of benzene rings is 1. The van der Waals surface area contributed by atoms with E-state index in [1.807, 2.05) is 53.3 Å². The van der Waals surface area contributed by atoms with Gasteiger partial charge < -0.3 is 11.1 Å². The summed E-state index contributed by atoms with van der Waals surface area (Å²) in [7, 11) is 0. The maximum atomic E-state index is 11.2. The van der Waals surface area contributed by atoms with Crippen molar-refractivity contribution in [2.75, 3.05) is 0 Å². The number of hydrogen-bond acceptors (Lipinski definition) is 3. The summed E-state index contributed by atoms with van der Waals surface area (Å²) in [6.07, 6.45) is 3.79. The number of carbonyl (C=O) groups is 1. The van der Waals surface area contributed by atoms with Gasteiger partial charge in [0.25, 0.3) is 0 Å². The van der Waals surface area contributed by atoms with Gasteiger partial charge in [0.1, 0.15) is 0 Å². The molecule has 0 aliphatic heterocycles. The van der Waals surface area contributed by atoms with Crippen molar-refractivity contribution in [3.05, 3.63) is 71.5 Å². The van der Waals surface area contributed by atoms with E-state index in [0.717, 1.165) is 16.6 Å². The number of rotatable bonds is 5. The molecule has 2 heterocycles. The molecule has 21 heavy (non-hydrogen) atoms. The molecule has 0 saturated carbocycles. The molecule has 5 nitrogen and oxygen atoms in total. The predicted octanol–water partition coefficient (Wildman–Crippen LogP) is 1.72. The van der Waals surface area contributed by atoms with Crippen molar-refractivity contribution in [2.24, 2.45) is 5.73 Å². The van der Waals surface area contributed by atoms with E-state index in [9.17, 15) is 4.79 Å². The van der Waals surface area contributed by atoms with Crippen molar-refractivity contribution >= 4 is 11.4 Å². The molecule has 5 heteroatoms. The summed E-state index contributed by atoms with van der Waals surface area (Å²) >= 11 is 0. The zero-order chi connectivity index (χ0) is 14.7. The van der Waals surface area contributed by atoms with Crippen LogP contribution in [-0.4, -0.2) is 15.5 Å². The zero-order valence-corrected chi connectivity index (χ0v) is 11.5. The smallest absolute Gasteiger partial charge is 0.248 e. The van der Waals surface area contributed by atoms with Crippen LogP contribution in [0.2, 0.25) is 0 Å². The number of nitrogens with two attached hydrogens (primary N) is 1. The topological polar surface area (TPSA) is 72.4 Å². The highest BCUT2D eigenvalue weighted by Gasteiger charge is 2.04. The third kappa shape index (κ3) is 2.93. The number of carbonyl (C=O) groups excluding carboxylic acids is 1. The van der Waals surface area contributed by atoms with Gasteiger partial charge in [-0.05, 0) is 29.8 Å². The van der Waals surface area contributed by atoms with Gasteiger partial charge in [0, 0.05) is 30.4 Å². The van der Waals surface area contributed by atoms with Crippen molar-refractivity contribution in [1.82, 2.24) is 14.9 Å². The highest BCUT2D eigenvalue weighted by molar-refractivity contribution is 5.92. The first-order valence-electron chi connectivity index (χ1n) is 6.75. The van der Waals surface area contributed by atoms with Crippen LogP contribution in [0.5, 0.6) is 0 Å². The molecule has 0 radical (unpaired) electrons. The highest BCUT2D eigenvalue weighted by Crippen LogP contribution is 2.10. The molecule has 1 amide bonds. The highest BCUT2D eigenvalue weighted by atomic mass is 16.1. The van der Waals surface area contributed by atoms with Gasteiger partial charge in [-0.15, -0.1) is 0 Å². The Morgan fingerprint density at radius 3 is 2.95 bits per heavy atom.